The number of alkyl halides is 2. The summed E-state index contributed by atoms with van der Waals surface area (Å²) in [5.74, 6) is -0.0789. The van der Waals surface area contributed by atoms with E-state index in [1.807, 2.05) is 0 Å². The van der Waals surface area contributed by atoms with Crippen LogP contribution in [0.15, 0.2) is 30.3 Å². The van der Waals surface area contributed by atoms with Gasteiger partial charge in [-0.2, -0.15) is 8.78 Å². The number of para-hydroxylation sites is 1. The summed E-state index contributed by atoms with van der Waals surface area (Å²) in [6, 6.07) is 6.32. The molecule has 1 saturated heterocycles. The minimum absolute atomic E-state index is 0.0343. The maximum Gasteiger partial charge on any atom is 0.387 e. The van der Waals surface area contributed by atoms with Crippen LogP contribution in [-0.2, 0) is 4.79 Å². The fourth-order valence-electron chi connectivity index (χ4n) is 2.69. The van der Waals surface area contributed by atoms with Crippen LogP contribution >= 0.6 is 0 Å². The van der Waals surface area contributed by atoms with Gasteiger partial charge in [0, 0.05) is 30.6 Å². The third-order valence-corrected chi connectivity index (χ3v) is 3.99. The highest BCUT2D eigenvalue weighted by Gasteiger charge is 2.25. The van der Waals surface area contributed by atoms with Gasteiger partial charge in [-0.15, -0.1) is 0 Å². The van der Waals surface area contributed by atoms with Crippen molar-refractivity contribution in [1.82, 2.24) is 4.90 Å². The first-order valence-electron chi connectivity index (χ1n) is 7.66. The van der Waals surface area contributed by atoms with Gasteiger partial charge in [0.05, 0.1) is 6.10 Å². The third kappa shape index (κ3) is 5.03. The van der Waals surface area contributed by atoms with E-state index in [1.165, 1.54) is 18.2 Å². The fourth-order valence-corrected chi connectivity index (χ4v) is 2.69. The molecule has 23 heavy (non-hydrogen) atoms. The first-order valence-corrected chi connectivity index (χ1v) is 7.66. The molecule has 0 saturated carbocycles. The zero-order valence-electron chi connectivity index (χ0n) is 13.0. The number of halogens is 2. The molecular weight excluding hydrogens is 304 g/mol. The zero-order valence-corrected chi connectivity index (χ0v) is 13.0. The van der Waals surface area contributed by atoms with E-state index in [4.69, 9.17) is 0 Å². The van der Waals surface area contributed by atoms with Crippen molar-refractivity contribution < 1.29 is 23.4 Å². The Hall–Kier alpha value is -1.95. The topological polar surface area (TPSA) is 49.8 Å². The number of amides is 1. The van der Waals surface area contributed by atoms with Crippen molar-refractivity contribution in [1.29, 1.82) is 0 Å². The highest BCUT2D eigenvalue weighted by molar-refractivity contribution is 5.92. The first-order chi connectivity index (χ1) is 11.0. The average Bonchev–Trinajstić information content (AvgIpc) is 2.53. The number of piperidine rings is 1. The van der Waals surface area contributed by atoms with Crippen molar-refractivity contribution in [2.45, 2.75) is 32.5 Å². The molecule has 1 fully saturated rings. The molecule has 6 heteroatoms. The Kier molecular flexibility index (Phi) is 6.10. The number of hydrogen-bond donors (Lipinski definition) is 1. The van der Waals surface area contributed by atoms with Gasteiger partial charge in [0.2, 0.25) is 5.91 Å². The van der Waals surface area contributed by atoms with E-state index in [9.17, 15) is 18.7 Å². The quantitative estimate of drug-likeness (QED) is 0.847. The molecule has 126 valence electrons. The normalized spacial score (nSPS) is 20.0. The van der Waals surface area contributed by atoms with E-state index in [0.717, 1.165) is 12.8 Å². The summed E-state index contributed by atoms with van der Waals surface area (Å²) in [5, 5.41) is 9.66. The minimum Gasteiger partial charge on any atom is -0.434 e. The van der Waals surface area contributed by atoms with E-state index in [-0.39, 0.29) is 17.6 Å². The molecular formula is C17H21F2NO3. The maximum atomic E-state index is 12.4. The van der Waals surface area contributed by atoms with Gasteiger partial charge in [-0.05, 0) is 31.9 Å². The third-order valence-electron chi connectivity index (χ3n) is 3.99. The van der Waals surface area contributed by atoms with E-state index in [0.29, 0.717) is 18.7 Å². The molecule has 0 aromatic heterocycles. The van der Waals surface area contributed by atoms with Gasteiger partial charge in [0.1, 0.15) is 5.75 Å². The lowest BCUT2D eigenvalue weighted by molar-refractivity contribution is -0.128. The summed E-state index contributed by atoms with van der Waals surface area (Å²) < 4.78 is 29.2. The highest BCUT2D eigenvalue weighted by Crippen LogP contribution is 2.23. The number of ether oxygens (including phenoxy) is 1. The van der Waals surface area contributed by atoms with Crippen molar-refractivity contribution in [2.75, 3.05) is 13.1 Å². The Morgan fingerprint density at radius 3 is 2.87 bits per heavy atom. The number of hydrogen-bond acceptors (Lipinski definition) is 3. The number of benzene rings is 1. The van der Waals surface area contributed by atoms with Crippen LogP contribution in [-0.4, -0.2) is 41.7 Å². The number of likely N-dealkylation sites (tertiary alicyclic amines) is 1. The van der Waals surface area contributed by atoms with Crippen LogP contribution in [0, 0.1) is 5.92 Å². The zero-order chi connectivity index (χ0) is 16.8. The predicted octanol–water partition coefficient (Wildman–Crippen LogP) is 2.92. The molecule has 0 radical (unpaired) electrons. The van der Waals surface area contributed by atoms with Crippen molar-refractivity contribution in [2.24, 2.45) is 5.92 Å². The van der Waals surface area contributed by atoms with Gasteiger partial charge in [0.15, 0.2) is 0 Å². The molecule has 1 aliphatic rings. The van der Waals surface area contributed by atoms with Gasteiger partial charge < -0.3 is 14.7 Å². The largest absolute Gasteiger partial charge is 0.434 e. The molecule has 1 amide bonds. The lowest BCUT2D eigenvalue weighted by atomic mass is 9.93. The second kappa shape index (κ2) is 8.06. The van der Waals surface area contributed by atoms with Crippen LogP contribution in [0.2, 0.25) is 0 Å². The molecule has 1 aromatic rings. The summed E-state index contributed by atoms with van der Waals surface area (Å²) in [6.45, 7) is -0.0292. The molecule has 0 spiro atoms. The lowest BCUT2D eigenvalue weighted by Crippen LogP contribution is -2.42. The van der Waals surface area contributed by atoms with E-state index < -0.39 is 12.7 Å². The second-order valence-electron chi connectivity index (χ2n) is 5.68. The van der Waals surface area contributed by atoms with E-state index in [1.54, 1.807) is 30.0 Å². The van der Waals surface area contributed by atoms with Gasteiger partial charge in [-0.3, -0.25) is 4.79 Å². The van der Waals surface area contributed by atoms with E-state index >= 15 is 0 Å². The maximum absolute atomic E-state index is 12.4. The molecule has 1 heterocycles. The Labute approximate surface area is 134 Å². The number of carbonyl (C=O) groups excluding carboxylic acids is 1. The number of carbonyl (C=O) groups is 1. The Balaban J connectivity index is 2.04. The number of rotatable bonds is 5. The van der Waals surface area contributed by atoms with Crippen LogP contribution in [0.4, 0.5) is 8.78 Å². The molecule has 0 aliphatic carbocycles. The molecule has 1 N–H and O–H groups in total. The summed E-state index contributed by atoms with van der Waals surface area (Å²) in [7, 11) is 0. The Bertz CT molecular complexity index is 561. The predicted molar refractivity (Wildman–Crippen MR) is 83.1 cm³/mol. The lowest BCUT2D eigenvalue weighted by Gasteiger charge is -2.33. The summed E-state index contributed by atoms with van der Waals surface area (Å²) in [5.41, 5.74) is 0.422. The number of aliphatic hydroxyl groups is 1. The van der Waals surface area contributed by atoms with Crippen LogP contribution < -0.4 is 4.74 Å². The van der Waals surface area contributed by atoms with Gasteiger partial charge >= 0.3 is 6.61 Å². The standard InChI is InChI=1S/C17H21F2NO3/c1-12(21)14-6-4-10-20(11-14)16(22)9-8-13-5-2-3-7-15(13)23-17(18)19/h2-3,5,7-9,12,14,17,21H,4,6,10-11H2,1H3/b9-8+. The molecule has 2 rings (SSSR count). The van der Waals surface area contributed by atoms with Crippen LogP contribution in [0.1, 0.15) is 25.3 Å². The van der Waals surface area contributed by atoms with Crippen molar-refractivity contribution in [3.63, 3.8) is 0 Å². The minimum atomic E-state index is -2.91. The summed E-state index contributed by atoms with van der Waals surface area (Å²) in [4.78, 5) is 13.9. The smallest absolute Gasteiger partial charge is 0.387 e. The summed E-state index contributed by atoms with van der Waals surface area (Å²) >= 11 is 0. The van der Waals surface area contributed by atoms with Crippen LogP contribution in [0.3, 0.4) is 0 Å². The number of nitrogens with zero attached hydrogens (tertiary/aromatic N) is 1. The summed E-state index contributed by atoms with van der Waals surface area (Å²) in [6.07, 6.45) is 4.13. The van der Waals surface area contributed by atoms with Gasteiger partial charge in [-0.25, -0.2) is 0 Å². The van der Waals surface area contributed by atoms with Gasteiger partial charge in [-0.1, -0.05) is 18.2 Å². The average molecular weight is 325 g/mol. The highest BCUT2D eigenvalue weighted by atomic mass is 19.3. The SMILES string of the molecule is CC(O)C1CCCN(C(=O)/C=C/c2ccccc2OC(F)F)C1. The van der Waals surface area contributed by atoms with Crippen molar-refractivity contribution in [3.8, 4) is 5.75 Å². The molecule has 0 bridgehead atoms. The number of aliphatic hydroxyl groups excluding tert-OH is 1. The van der Waals surface area contributed by atoms with E-state index in [2.05, 4.69) is 4.74 Å². The van der Waals surface area contributed by atoms with Crippen molar-refractivity contribution >= 4 is 12.0 Å². The molecule has 2 atom stereocenters. The monoisotopic (exact) mass is 325 g/mol. The van der Waals surface area contributed by atoms with Crippen LogP contribution in [0.5, 0.6) is 5.75 Å². The van der Waals surface area contributed by atoms with Crippen LogP contribution in [0.25, 0.3) is 6.08 Å². The fraction of sp³-hybridized carbons (Fsp3) is 0.471. The molecule has 1 aromatic carbocycles. The van der Waals surface area contributed by atoms with Crippen molar-refractivity contribution in [3.05, 3.63) is 35.9 Å². The first kappa shape index (κ1) is 17.4. The molecule has 1 aliphatic heterocycles. The molecule has 4 nitrogen and oxygen atoms in total. The van der Waals surface area contributed by atoms with Gasteiger partial charge in [0.25, 0.3) is 0 Å². The Morgan fingerprint density at radius 1 is 1.43 bits per heavy atom. The Morgan fingerprint density at radius 2 is 2.17 bits per heavy atom. The second-order valence-corrected chi connectivity index (χ2v) is 5.68. The molecule has 2 unspecified atom stereocenters.